The Hall–Kier alpha value is -2.73. The lowest BCUT2D eigenvalue weighted by Crippen LogP contribution is -2.29. The summed E-state index contributed by atoms with van der Waals surface area (Å²) >= 11 is 1.46. The molecule has 3 aromatic rings. The number of rotatable bonds is 6. The molecule has 2 amide bonds. The molecule has 0 spiro atoms. The Bertz CT molecular complexity index is 921. The van der Waals surface area contributed by atoms with E-state index in [1.807, 2.05) is 36.4 Å². The number of aromatic nitrogens is 1. The Morgan fingerprint density at radius 1 is 1.15 bits per heavy atom. The number of benzene rings is 2. The Kier molecular flexibility index (Phi) is 5.63. The molecule has 0 aliphatic heterocycles. The third-order valence-electron chi connectivity index (χ3n) is 4.08. The topological polar surface area (TPSA) is 71.1 Å². The number of hydrogen-bond acceptors (Lipinski definition) is 4. The van der Waals surface area contributed by atoms with E-state index in [1.54, 1.807) is 0 Å². The van der Waals surface area contributed by atoms with Gasteiger partial charge in [-0.3, -0.25) is 9.59 Å². The molecule has 0 aliphatic rings. The average molecular weight is 367 g/mol. The Balaban J connectivity index is 1.72. The van der Waals surface area contributed by atoms with Gasteiger partial charge in [0.15, 0.2) is 5.13 Å². The van der Waals surface area contributed by atoms with Crippen LogP contribution < -0.4 is 10.6 Å². The van der Waals surface area contributed by atoms with Gasteiger partial charge in [0, 0.05) is 6.92 Å². The van der Waals surface area contributed by atoms with Gasteiger partial charge >= 0.3 is 0 Å². The van der Waals surface area contributed by atoms with Gasteiger partial charge in [0.25, 0.3) is 0 Å². The van der Waals surface area contributed by atoms with Gasteiger partial charge in [-0.25, -0.2) is 4.98 Å². The van der Waals surface area contributed by atoms with Crippen molar-refractivity contribution in [2.24, 2.45) is 0 Å². The fourth-order valence-electron chi connectivity index (χ4n) is 2.78. The highest BCUT2D eigenvalue weighted by atomic mass is 32.1. The smallest absolute Gasteiger partial charge is 0.228 e. The van der Waals surface area contributed by atoms with Gasteiger partial charge in [0.2, 0.25) is 11.8 Å². The van der Waals surface area contributed by atoms with E-state index in [4.69, 9.17) is 0 Å². The van der Waals surface area contributed by atoms with Crippen LogP contribution in [-0.2, 0) is 16.0 Å². The van der Waals surface area contributed by atoms with Crippen molar-refractivity contribution in [3.8, 4) is 0 Å². The number of fused-ring (bicyclic) bond motifs is 1. The number of amides is 2. The molecular formula is C20H21N3O2S. The number of carbonyl (C=O) groups is 2. The number of nitrogens with one attached hydrogen (secondary N) is 2. The van der Waals surface area contributed by atoms with Crippen LogP contribution >= 0.6 is 11.3 Å². The van der Waals surface area contributed by atoms with E-state index < -0.39 is 0 Å². The third-order valence-corrected chi connectivity index (χ3v) is 5.01. The van der Waals surface area contributed by atoms with E-state index in [2.05, 4.69) is 34.7 Å². The van der Waals surface area contributed by atoms with E-state index in [0.29, 0.717) is 5.13 Å². The number of nitrogens with zero attached hydrogens (tertiary/aromatic N) is 1. The molecule has 0 saturated carbocycles. The second-order valence-electron chi connectivity index (χ2n) is 6.09. The second-order valence-corrected chi connectivity index (χ2v) is 7.12. The summed E-state index contributed by atoms with van der Waals surface area (Å²) in [4.78, 5) is 28.4. The first-order chi connectivity index (χ1) is 12.5. The van der Waals surface area contributed by atoms with Crippen molar-refractivity contribution in [2.45, 2.75) is 32.7 Å². The van der Waals surface area contributed by atoms with E-state index in [-0.39, 0.29) is 24.3 Å². The monoisotopic (exact) mass is 367 g/mol. The molecule has 6 heteroatoms. The minimum absolute atomic E-state index is 0.153. The summed E-state index contributed by atoms with van der Waals surface area (Å²) in [7, 11) is 0. The lowest BCUT2D eigenvalue weighted by atomic mass is 10.0. The normalized spacial score (nSPS) is 11.9. The lowest BCUT2D eigenvalue weighted by molar-refractivity contribution is -0.120. The summed E-state index contributed by atoms with van der Waals surface area (Å²) in [5.41, 5.74) is 3.02. The highest BCUT2D eigenvalue weighted by molar-refractivity contribution is 7.22. The van der Waals surface area contributed by atoms with Crippen LogP contribution in [0, 0.1) is 0 Å². The predicted molar refractivity (Wildman–Crippen MR) is 105 cm³/mol. The third kappa shape index (κ3) is 4.46. The standard InChI is InChI=1S/C20H21N3O2S/c1-3-14-9-10-16-18(11-14)26-20(22-16)23-19(25)12-17(21-13(2)24)15-7-5-4-6-8-15/h4-11,17H,3,12H2,1-2H3,(H,21,24)(H,22,23,25)/t17-/m1/s1. The zero-order valence-electron chi connectivity index (χ0n) is 14.8. The summed E-state index contributed by atoms with van der Waals surface area (Å²) in [6.45, 7) is 3.56. The molecule has 2 aromatic carbocycles. The minimum Gasteiger partial charge on any atom is -0.349 e. The van der Waals surface area contributed by atoms with E-state index >= 15 is 0 Å². The molecule has 0 radical (unpaired) electrons. The molecule has 1 heterocycles. The minimum atomic E-state index is -0.366. The van der Waals surface area contributed by atoms with Gasteiger partial charge in [-0.05, 0) is 29.7 Å². The lowest BCUT2D eigenvalue weighted by Gasteiger charge is -2.17. The van der Waals surface area contributed by atoms with Crippen molar-refractivity contribution in [3.05, 3.63) is 59.7 Å². The van der Waals surface area contributed by atoms with Crippen LogP contribution in [-0.4, -0.2) is 16.8 Å². The first-order valence-corrected chi connectivity index (χ1v) is 9.38. The molecule has 3 rings (SSSR count). The number of thiazole rings is 1. The van der Waals surface area contributed by atoms with Crippen LogP contribution in [0.15, 0.2) is 48.5 Å². The predicted octanol–water partition coefficient (Wildman–Crippen LogP) is 4.06. The van der Waals surface area contributed by atoms with Gasteiger partial charge in [-0.2, -0.15) is 0 Å². The van der Waals surface area contributed by atoms with Crippen LogP contribution in [0.4, 0.5) is 5.13 Å². The van der Waals surface area contributed by atoms with Gasteiger partial charge in [-0.15, -0.1) is 0 Å². The Morgan fingerprint density at radius 2 is 1.92 bits per heavy atom. The van der Waals surface area contributed by atoms with Gasteiger partial charge in [-0.1, -0.05) is 54.7 Å². The molecule has 2 N–H and O–H groups in total. The van der Waals surface area contributed by atoms with Gasteiger partial charge in [0.1, 0.15) is 0 Å². The van der Waals surface area contributed by atoms with Crippen molar-refractivity contribution in [1.29, 1.82) is 0 Å². The van der Waals surface area contributed by atoms with Crippen LogP contribution in [0.1, 0.15) is 37.4 Å². The molecule has 134 valence electrons. The Labute approximate surface area is 156 Å². The number of anilines is 1. The maximum Gasteiger partial charge on any atom is 0.228 e. The molecule has 0 saturated heterocycles. The van der Waals surface area contributed by atoms with Crippen LogP contribution in [0.3, 0.4) is 0 Å². The van der Waals surface area contributed by atoms with Crippen LogP contribution in [0.25, 0.3) is 10.2 Å². The number of aryl methyl sites for hydroxylation is 1. The molecule has 0 fully saturated rings. The second kappa shape index (κ2) is 8.10. The maximum absolute atomic E-state index is 12.5. The quantitative estimate of drug-likeness (QED) is 0.690. The molecule has 5 nitrogen and oxygen atoms in total. The van der Waals surface area contributed by atoms with Crippen LogP contribution in [0.5, 0.6) is 0 Å². The summed E-state index contributed by atoms with van der Waals surface area (Å²) in [5, 5.41) is 6.27. The van der Waals surface area contributed by atoms with Gasteiger partial charge < -0.3 is 10.6 Å². The largest absolute Gasteiger partial charge is 0.349 e. The Morgan fingerprint density at radius 3 is 2.62 bits per heavy atom. The summed E-state index contributed by atoms with van der Waals surface area (Å²) in [6, 6.07) is 15.2. The molecule has 0 bridgehead atoms. The highest BCUT2D eigenvalue weighted by Crippen LogP contribution is 2.27. The highest BCUT2D eigenvalue weighted by Gasteiger charge is 2.18. The molecule has 0 aliphatic carbocycles. The van der Waals surface area contributed by atoms with Crippen molar-refractivity contribution in [1.82, 2.24) is 10.3 Å². The van der Waals surface area contributed by atoms with Crippen molar-refractivity contribution in [2.75, 3.05) is 5.32 Å². The van der Waals surface area contributed by atoms with Gasteiger partial charge in [0.05, 0.1) is 22.7 Å². The summed E-state index contributed by atoms with van der Waals surface area (Å²) in [6.07, 6.45) is 1.12. The summed E-state index contributed by atoms with van der Waals surface area (Å²) < 4.78 is 1.06. The fourth-order valence-corrected chi connectivity index (χ4v) is 3.73. The molecule has 26 heavy (non-hydrogen) atoms. The van der Waals surface area contributed by atoms with Crippen molar-refractivity contribution in [3.63, 3.8) is 0 Å². The van der Waals surface area contributed by atoms with Crippen molar-refractivity contribution < 1.29 is 9.59 Å². The molecular weight excluding hydrogens is 346 g/mol. The van der Waals surface area contributed by atoms with E-state index in [9.17, 15) is 9.59 Å². The SMILES string of the molecule is CCc1ccc2nc(NC(=O)C[C@@H](NC(C)=O)c3ccccc3)sc2c1. The number of carbonyl (C=O) groups excluding carboxylic acids is 2. The zero-order chi connectivity index (χ0) is 18.5. The first kappa shape index (κ1) is 18.1. The average Bonchev–Trinajstić information content (AvgIpc) is 3.02. The zero-order valence-corrected chi connectivity index (χ0v) is 15.6. The molecule has 1 atom stereocenters. The maximum atomic E-state index is 12.5. The van der Waals surface area contributed by atoms with Crippen LogP contribution in [0.2, 0.25) is 0 Å². The van der Waals surface area contributed by atoms with E-state index in [1.165, 1.54) is 23.8 Å². The fraction of sp³-hybridized carbons (Fsp3) is 0.250. The molecule has 1 aromatic heterocycles. The van der Waals surface area contributed by atoms with E-state index in [0.717, 1.165) is 22.2 Å². The van der Waals surface area contributed by atoms with Crippen molar-refractivity contribution >= 4 is 38.5 Å². The molecule has 0 unspecified atom stereocenters. The first-order valence-electron chi connectivity index (χ1n) is 8.56. The summed E-state index contributed by atoms with van der Waals surface area (Å²) in [5.74, 6) is -0.346. The number of hydrogen-bond donors (Lipinski definition) is 2.